The van der Waals surface area contributed by atoms with Gasteiger partial charge in [-0.2, -0.15) is 0 Å². The number of rotatable bonds is 9. The molecule has 4 fully saturated rings. The Morgan fingerprint density at radius 2 is 1.12 bits per heavy atom. The summed E-state index contributed by atoms with van der Waals surface area (Å²) in [5.41, 5.74) is 5.76. The minimum absolute atomic E-state index is 0.137. The Labute approximate surface area is 294 Å². The number of benzene rings is 2. The van der Waals surface area contributed by atoms with Gasteiger partial charge in [0.05, 0.1) is 43.0 Å². The fraction of sp³-hybridized carbons (Fsp3) is 0.405. The summed E-state index contributed by atoms with van der Waals surface area (Å²) in [6, 6.07) is 14.8. The third-order valence-electron chi connectivity index (χ3n) is 10.9. The SMILES string of the molecule is COC(=O)N[C@@H](C)C(=O)N1[C@H](c2ncc(-c3ccc(-c4ccc(-c5cnc([C@@H]6C[C@@H]7C[C@@H]7N6C(=O)[C@H](C)NC(=O)O)[nH]5)cc4)cc3)[nH]2)C[C@@H]2C[C@@H]21. The number of H-pyrrole nitrogens is 2. The summed E-state index contributed by atoms with van der Waals surface area (Å²) >= 11 is 0. The molecule has 264 valence electrons. The molecular formula is C37H40N8O6. The summed E-state index contributed by atoms with van der Waals surface area (Å²) in [6.07, 6.45) is 5.32. The Hall–Kier alpha value is -5.66. The van der Waals surface area contributed by atoms with Crippen LogP contribution in [0, 0.1) is 11.8 Å². The molecule has 4 amide bonds. The van der Waals surface area contributed by atoms with Crippen LogP contribution in [0.15, 0.2) is 60.9 Å². The number of ether oxygens (including phenoxy) is 1. The lowest BCUT2D eigenvalue weighted by molar-refractivity contribution is -0.135. The standard InChI is InChI=1S/C37H40N8O6/c1-18(40-36(48)49)34(46)44-28-12-24(28)14-30(44)32-38-16-26(42-32)22-8-4-20(5-9-22)21-6-10-23(11-7-21)27-17-39-33(43-27)31-15-25-13-29(25)45(31)35(47)19(2)41-37(50)51-3/h4-11,16-19,24-25,28-31,40H,12-15H2,1-3H3,(H,38,42)(H,39,43)(H,41,50)(H,48,49)/t18-,19-,24-,25-,28-,29-,30-,31-/m0/s1. The number of aromatic amines is 2. The van der Waals surface area contributed by atoms with Gasteiger partial charge in [-0.05, 0) is 73.6 Å². The zero-order chi connectivity index (χ0) is 35.6. The van der Waals surface area contributed by atoms with E-state index in [2.05, 4.69) is 59.6 Å². The molecule has 8 rings (SSSR count). The number of piperidine rings is 2. The van der Waals surface area contributed by atoms with Gasteiger partial charge in [0.25, 0.3) is 0 Å². The van der Waals surface area contributed by atoms with Crippen molar-refractivity contribution >= 4 is 24.0 Å². The topological polar surface area (TPSA) is 186 Å². The molecule has 14 nitrogen and oxygen atoms in total. The first kappa shape index (κ1) is 32.5. The van der Waals surface area contributed by atoms with E-state index in [-0.39, 0.29) is 36.0 Å². The van der Waals surface area contributed by atoms with Crippen molar-refractivity contribution in [3.63, 3.8) is 0 Å². The summed E-state index contributed by atoms with van der Waals surface area (Å²) in [7, 11) is 1.28. The number of nitrogens with one attached hydrogen (secondary N) is 4. The van der Waals surface area contributed by atoms with Crippen LogP contribution >= 0.6 is 0 Å². The number of aromatic nitrogens is 4. The maximum absolute atomic E-state index is 13.3. The van der Waals surface area contributed by atoms with Gasteiger partial charge in [0.1, 0.15) is 23.7 Å². The first-order valence-electron chi connectivity index (χ1n) is 17.4. The molecule has 2 aliphatic heterocycles. The zero-order valence-electron chi connectivity index (χ0n) is 28.5. The molecule has 51 heavy (non-hydrogen) atoms. The van der Waals surface area contributed by atoms with E-state index in [1.54, 1.807) is 26.2 Å². The highest BCUT2D eigenvalue weighted by atomic mass is 16.5. The Morgan fingerprint density at radius 1 is 0.706 bits per heavy atom. The molecule has 14 heteroatoms. The first-order chi connectivity index (χ1) is 24.6. The molecule has 4 heterocycles. The first-order valence-corrected chi connectivity index (χ1v) is 17.4. The van der Waals surface area contributed by atoms with Gasteiger partial charge in [-0.3, -0.25) is 9.59 Å². The number of fused-ring (bicyclic) bond motifs is 2. The van der Waals surface area contributed by atoms with Crippen LogP contribution in [0.1, 0.15) is 63.3 Å². The van der Waals surface area contributed by atoms with Gasteiger partial charge in [-0.25, -0.2) is 19.6 Å². The molecule has 2 aromatic heterocycles. The highest BCUT2D eigenvalue weighted by Crippen LogP contribution is 2.54. The summed E-state index contributed by atoms with van der Waals surface area (Å²) in [6.45, 7) is 3.25. The van der Waals surface area contributed by atoms with E-state index in [4.69, 9.17) is 5.11 Å². The molecule has 8 atom stereocenters. The highest BCUT2D eigenvalue weighted by Gasteiger charge is 2.56. The molecule has 5 N–H and O–H groups in total. The van der Waals surface area contributed by atoms with Crippen LogP contribution in [0.3, 0.4) is 0 Å². The highest BCUT2D eigenvalue weighted by molar-refractivity contribution is 5.87. The number of imidazole rings is 2. The van der Waals surface area contributed by atoms with E-state index in [0.29, 0.717) is 17.7 Å². The molecule has 2 saturated carbocycles. The van der Waals surface area contributed by atoms with E-state index in [0.717, 1.165) is 65.1 Å². The zero-order valence-corrected chi connectivity index (χ0v) is 28.5. The second-order valence-corrected chi connectivity index (χ2v) is 14.2. The summed E-state index contributed by atoms with van der Waals surface area (Å²) in [5.74, 6) is 1.98. The van der Waals surface area contributed by atoms with Gasteiger partial charge in [0, 0.05) is 12.1 Å². The molecular weight excluding hydrogens is 652 g/mol. The number of nitrogens with zero attached hydrogens (tertiary/aromatic N) is 4. The fourth-order valence-electron chi connectivity index (χ4n) is 8.02. The molecule has 0 bridgehead atoms. The lowest BCUT2D eigenvalue weighted by atomic mass is 10.0. The van der Waals surface area contributed by atoms with E-state index < -0.39 is 24.3 Å². The van der Waals surface area contributed by atoms with Crippen molar-refractivity contribution in [1.82, 2.24) is 40.4 Å². The number of alkyl carbamates (subject to hydrolysis) is 1. The Kier molecular flexibility index (Phi) is 8.03. The predicted octanol–water partition coefficient (Wildman–Crippen LogP) is 4.86. The Morgan fingerprint density at radius 3 is 1.53 bits per heavy atom. The number of methoxy groups -OCH3 is 1. The largest absolute Gasteiger partial charge is 0.465 e. The van der Waals surface area contributed by atoms with E-state index >= 15 is 0 Å². The molecule has 0 unspecified atom stereocenters. The van der Waals surface area contributed by atoms with Gasteiger partial charge in [0.2, 0.25) is 11.8 Å². The lowest BCUT2D eigenvalue weighted by Gasteiger charge is -2.29. The van der Waals surface area contributed by atoms with Crippen molar-refractivity contribution in [3.05, 3.63) is 72.6 Å². The number of hydrogen-bond donors (Lipinski definition) is 5. The van der Waals surface area contributed by atoms with E-state index in [9.17, 15) is 19.2 Å². The maximum atomic E-state index is 13.3. The van der Waals surface area contributed by atoms with Crippen molar-refractivity contribution in [2.45, 2.75) is 75.8 Å². The normalized spacial score (nSPS) is 25.4. The van der Waals surface area contributed by atoms with Crippen LogP contribution < -0.4 is 10.6 Å². The quantitative estimate of drug-likeness (QED) is 0.165. The van der Waals surface area contributed by atoms with Crippen LogP contribution in [0.4, 0.5) is 9.59 Å². The lowest BCUT2D eigenvalue weighted by Crippen LogP contribution is -2.47. The average Bonchev–Trinajstić information content (AvgIpc) is 3.73. The van der Waals surface area contributed by atoms with Gasteiger partial charge >= 0.3 is 12.2 Å². The van der Waals surface area contributed by atoms with Crippen molar-refractivity contribution in [3.8, 4) is 33.6 Å². The van der Waals surface area contributed by atoms with Crippen LogP contribution in [0.25, 0.3) is 33.6 Å². The van der Waals surface area contributed by atoms with Crippen LogP contribution in [0.5, 0.6) is 0 Å². The number of carbonyl (C=O) groups is 4. The second kappa shape index (κ2) is 12.6. The monoisotopic (exact) mass is 692 g/mol. The number of amides is 4. The van der Waals surface area contributed by atoms with Gasteiger partial charge in [-0.1, -0.05) is 48.5 Å². The minimum Gasteiger partial charge on any atom is -0.465 e. The number of hydrogen-bond acceptors (Lipinski definition) is 7. The van der Waals surface area contributed by atoms with E-state index in [1.165, 1.54) is 7.11 Å². The minimum atomic E-state index is -1.22. The summed E-state index contributed by atoms with van der Waals surface area (Å²) in [4.78, 5) is 69.1. The number of carbonyl (C=O) groups excluding carboxylic acids is 3. The molecule has 0 spiro atoms. The fourth-order valence-corrected chi connectivity index (χ4v) is 8.02. The van der Waals surface area contributed by atoms with Gasteiger partial charge in [-0.15, -0.1) is 0 Å². The number of carboxylic acid groups (broad SMARTS) is 1. The van der Waals surface area contributed by atoms with Crippen molar-refractivity contribution in [1.29, 1.82) is 0 Å². The van der Waals surface area contributed by atoms with E-state index in [1.807, 2.05) is 34.1 Å². The third kappa shape index (κ3) is 6.08. The Balaban J connectivity index is 0.926. The molecule has 0 radical (unpaired) electrons. The smallest absolute Gasteiger partial charge is 0.407 e. The molecule has 4 aromatic rings. The Bertz CT molecular complexity index is 1990. The average molecular weight is 693 g/mol. The van der Waals surface area contributed by atoms with Crippen LogP contribution in [-0.2, 0) is 14.3 Å². The van der Waals surface area contributed by atoms with Crippen LogP contribution in [0.2, 0.25) is 0 Å². The molecule has 2 aromatic carbocycles. The molecule has 4 aliphatic rings. The molecule has 2 saturated heterocycles. The molecule has 2 aliphatic carbocycles. The van der Waals surface area contributed by atoms with Crippen LogP contribution in [-0.4, -0.2) is 90.1 Å². The van der Waals surface area contributed by atoms with Crippen molar-refractivity contribution in [2.24, 2.45) is 11.8 Å². The second-order valence-electron chi connectivity index (χ2n) is 14.2. The summed E-state index contributed by atoms with van der Waals surface area (Å²) < 4.78 is 4.67. The van der Waals surface area contributed by atoms with Crippen molar-refractivity contribution in [2.75, 3.05) is 7.11 Å². The maximum Gasteiger partial charge on any atom is 0.407 e. The summed E-state index contributed by atoms with van der Waals surface area (Å²) in [5, 5.41) is 14.0. The third-order valence-corrected chi connectivity index (χ3v) is 10.9. The predicted molar refractivity (Wildman–Crippen MR) is 185 cm³/mol. The number of likely N-dealkylation sites (tertiary alicyclic amines) is 2. The van der Waals surface area contributed by atoms with Crippen molar-refractivity contribution < 1.29 is 29.0 Å². The van der Waals surface area contributed by atoms with Gasteiger partial charge in [0.15, 0.2) is 0 Å². The van der Waals surface area contributed by atoms with Gasteiger partial charge < -0.3 is 40.2 Å².